The highest BCUT2D eigenvalue weighted by Crippen LogP contribution is 2.13. The summed E-state index contributed by atoms with van der Waals surface area (Å²) >= 11 is 0. The summed E-state index contributed by atoms with van der Waals surface area (Å²) in [5.41, 5.74) is 2.98. The topological polar surface area (TPSA) is 68.8 Å². The molecule has 0 atom stereocenters. The third kappa shape index (κ3) is 3.64. The van der Waals surface area contributed by atoms with E-state index >= 15 is 0 Å². The highest BCUT2D eigenvalue weighted by molar-refractivity contribution is 5.20. The zero-order valence-electron chi connectivity index (χ0n) is 12.2. The van der Waals surface area contributed by atoms with E-state index in [0.717, 1.165) is 22.7 Å². The lowest BCUT2D eigenvalue weighted by Crippen LogP contribution is -2.35. The van der Waals surface area contributed by atoms with E-state index < -0.39 is 0 Å². The van der Waals surface area contributed by atoms with Gasteiger partial charge >= 0.3 is 0 Å². The lowest BCUT2D eigenvalue weighted by Gasteiger charge is -2.19. The van der Waals surface area contributed by atoms with Crippen molar-refractivity contribution >= 4 is 0 Å². The Morgan fingerprint density at radius 2 is 2.05 bits per heavy atom. The van der Waals surface area contributed by atoms with Crippen molar-refractivity contribution in [1.82, 2.24) is 25.5 Å². The molecule has 2 aromatic heterocycles. The molecule has 2 heterocycles. The second kappa shape index (κ2) is 5.13. The maximum absolute atomic E-state index is 5.14. The average molecular weight is 263 g/mol. The van der Waals surface area contributed by atoms with E-state index in [1.165, 1.54) is 0 Å². The van der Waals surface area contributed by atoms with Crippen LogP contribution in [0.15, 0.2) is 10.7 Å². The molecule has 19 heavy (non-hydrogen) atoms. The molecule has 0 aliphatic carbocycles. The molecule has 0 amide bonds. The van der Waals surface area contributed by atoms with E-state index in [9.17, 15) is 0 Å². The SMILES string of the molecule is Cc1noc(C)c1Cn1cc(CNC(C)(C)C)nn1. The molecule has 6 heteroatoms. The molecule has 0 unspecified atom stereocenters. The Labute approximate surface area is 113 Å². The summed E-state index contributed by atoms with van der Waals surface area (Å²) in [6.45, 7) is 11.6. The van der Waals surface area contributed by atoms with E-state index in [2.05, 4.69) is 41.6 Å². The average Bonchev–Trinajstić information content (AvgIpc) is 2.88. The maximum atomic E-state index is 5.14. The Balaban J connectivity index is 2.02. The summed E-state index contributed by atoms with van der Waals surface area (Å²) in [6.07, 6.45) is 1.95. The first-order chi connectivity index (χ1) is 8.85. The van der Waals surface area contributed by atoms with Crippen LogP contribution >= 0.6 is 0 Å². The molecule has 6 nitrogen and oxygen atoms in total. The minimum Gasteiger partial charge on any atom is -0.361 e. The normalized spacial score (nSPS) is 12.1. The Hall–Kier alpha value is -1.69. The Kier molecular flexibility index (Phi) is 3.71. The summed E-state index contributed by atoms with van der Waals surface area (Å²) in [4.78, 5) is 0. The molecule has 0 aliphatic heterocycles. The number of nitrogens with zero attached hydrogens (tertiary/aromatic N) is 4. The van der Waals surface area contributed by atoms with E-state index in [-0.39, 0.29) is 5.54 Å². The predicted octanol–water partition coefficient (Wildman–Crippen LogP) is 1.82. The molecule has 104 valence electrons. The number of aromatic nitrogens is 4. The molecule has 2 rings (SSSR count). The van der Waals surface area contributed by atoms with E-state index in [1.807, 2.05) is 24.7 Å². The number of hydrogen-bond donors (Lipinski definition) is 1. The summed E-state index contributed by atoms with van der Waals surface area (Å²) in [5, 5.41) is 15.6. The third-order valence-corrected chi connectivity index (χ3v) is 2.89. The summed E-state index contributed by atoms with van der Waals surface area (Å²) in [7, 11) is 0. The molecule has 1 N–H and O–H groups in total. The van der Waals surface area contributed by atoms with Crippen molar-refractivity contribution in [2.24, 2.45) is 0 Å². The fourth-order valence-corrected chi connectivity index (χ4v) is 1.74. The van der Waals surface area contributed by atoms with Gasteiger partial charge in [-0.1, -0.05) is 10.4 Å². The van der Waals surface area contributed by atoms with Gasteiger partial charge in [-0.05, 0) is 34.6 Å². The van der Waals surface area contributed by atoms with Crippen LogP contribution in [0.2, 0.25) is 0 Å². The number of nitrogens with one attached hydrogen (secondary N) is 1. The van der Waals surface area contributed by atoms with Crippen LogP contribution in [0.3, 0.4) is 0 Å². The van der Waals surface area contributed by atoms with Crippen LogP contribution in [-0.2, 0) is 13.1 Å². The second-order valence-corrected chi connectivity index (χ2v) is 5.81. The molecular formula is C13H21N5O. The highest BCUT2D eigenvalue weighted by atomic mass is 16.5. The first kappa shape index (κ1) is 13.7. The summed E-state index contributed by atoms with van der Waals surface area (Å²) in [5.74, 6) is 0.836. The molecule has 0 aliphatic rings. The second-order valence-electron chi connectivity index (χ2n) is 5.81. The molecule has 0 spiro atoms. The minimum absolute atomic E-state index is 0.0748. The van der Waals surface area contributed by atoms with Gasteiger partial charge in [-0.25, -0.2) is 4.68 Å². The maximum Gasteiger partial charge on any atom is 0.138 e. The number of aryl methyl sites for hydroxylation is 2. The van der Waals surface area contributed by atoms with Gasteiger partial charge in [-0.15, -0.1) is 5.10 Å². The molecular weight excluding hydrogens is 242 g/mol. The molecule has 0 bridgehead atoms. The zero-order chi connectivity index (χ0) is 14.0. The minimum atomic E-state index is 0.0748. The third-order valence-electron chi connectivity index (χ3n) is 2.89. The standard InChI is InChI=1S/C13H21N5O/c1-9-12(10(2)19-16-9)8-18-7-11(15-17-18)6-14-13(3,4)5/h7,14H,6,8H2,1-5H3. The van der Waals surface area contributed by atoms with Gasteiger partial charge in [0.2, 0.25) is 0 Å². The van der Waals surface area contributed by atoms with Crippen LogP contribution in [0, 0.1) is 13.8 Å². The summed E-state index contributed by atoms with van der Waals surface area (Å²) < 4.78 is 6.95. The highest BCUT2D eigenvalue weighted by Gasteiger charge is 2.12. The van der Waals surface area contributed by atoms with Crippen molar-refractivity contribution < 1.29 is 4.52 Å². The van der Waals surface area contributed by atoms with Crippen molar-refractivity contribution in [2.45, 2.75) is 53.2 Å². The molecule has 0 radical (unpaired) electrons. The van der Waals surface area contributed by atoms with Gasteiger partial charge in [-0.2, -0.15) is 0 Å². The van der Waals surface area contributed by atoms with E-state index in [1.54, 1.807) is 0 Å². The van der Waals surface area contributed by atoms with Crippen molar-refractivity contribution in [3.05, 3.63) is 28.9 Å². The van der Waals surface area contributed by atoms with Crippen LogP contribution < -0.4 is 5.32 Å². The van der Waals surface area contributed by atoms with Crippen molar-refractivity contribution in [2.75, 3.05) is 0 Å². The number of hydrogen-bond acceptors (Lipinski definition) is 5. The Bertz CT molecular complexity index is 530. The Morgan fingerprint density at radius 1 is 1.32 bits per heavy atom. The smallest absolute Gasteiger partial charge is 0.138 e. The molecule has 0 saturated carbocycles. The van der Waals surface area contributed by atoms with Crippen molar-refractivity contribution in [1.29, 1.82) is 0 Å². The number of rotatable bonds is 4. The largest absolute Gasteiger partial charge is 0.361 e. The van der Waals surface area contributed by atoms with Gasteiger partial charge in [0.25, 0.3) is 0 Å². The lowest BCUT2D eigenvalue weighted by atomic mass is 10.1. The van der Waals surface area contributed by atoms with Crippen LogP contribution in [0.25, 0.3) is 0 Å². The molecule has 0 fully saturated rings. The quantitative estimate of drug-likeness (QED) is 0.911. The van der Waals surface area contributed by atoms with Crippen LogP contribution in [0.1, 0.15) is 43.5 Å². The zero-order valence-corrected chi connectivity index (χ0v) is 12.2. The van der Waals surface area contributed by atoms with Gasteiger partial charge in [0.15, 0.2) is 0 Å². The van der Waals surface area contributed by atoms with Gasteiger partial charge < -0.3 is 9.84 Å². The fraction of sp³-hybridized carbons (Fsp3) is 0.615. The summed E-state index contributed by atoms with van der Waals surface area (Å²) in [6, 6.07) is 0. The fourth-order valence-electron chi connectivity index (χ4n) is 1.74. The first-order valence-corrected chi connectivity index (χ1v) is 6.41. The van der Waals surface area contributed by atoms with Crippen LogP contribution in [-0.4, -0.2) is 25.7 Å². The van der Waals surface area contributed by atoms with E-state index in [4.69, 9.17) is 4.52 Å². The van der Waals surface area contributed by atoms with Gasteiger partial charge in [0, 0.05) is 17.6 Å². The first-order valence-electron chi connectivity index (χ1n) is 6.41. The van der Waals surface area contributed by atoms with Gasteiger partial charge in [-0.3, -0.25) is 0 Å². The van der Waals surface area contributed by atoms with Crippen LogP contribution in [0.5, 0.6) is 0 Å². The molecule has 0 saturated heterocycles. The van der Waals surface area contributed by atoms with E-state index in [0.29, 0.717) is 13.1 Å². The lowest BCUT2D eigenvalue weighted by molar-refractivity contribution is 0.391. The van der Waals surface area contributed by atoms with Gasteiger partial charge in [0.05, 0.1) is 24.1 Å². The van der Waals surface area contributed by atoms with Crippen molar-refractivity contribution in [3.8, 4) is 0 Å². The molecule has 0 aromatic carbocycles. The predicted molar refractivity (Wildman–Crippen MR) is 71.7 cm³/mol. The van der Waals surface area contributed by atoms with Gasteiger partial charge in [0.1, 0.15) is 5.76 Å². The monoisotopic (exact) mass is 263 g/mol. The Morgan fingerprint density at radius 3 is 2.63 bits per heavy atom. The molecule has 2 aromatic rings. The van der Waals surface area contributed by atoms with Crippen molar-refractivity contribution in [3.63, 3.8) is 0 Å². The van der Waals surface area contributed by atoms with Crippen LogP contribution in [0.4, 0.5) is 0 Å².